The van der Waals surface area contributed by atoms with E-state index in [0.717, 1.165) is 5.92 Å². The van der Waals surface area contributed by atoms with E-state index in [1.165, 1.54) is 18.4 Å². The number of benzene rings is 1. The molecule has 0 saturated heterocycles. The molecule has 2 heteroatoms. The van der Waals surface area contributed by atoms with Gasteiger partial charge in [0.15, 0.2) is 0 Å². The molecule has 3 atom stereocenters. The molecule has 1 fully saturated rings. The smallest absolute Gasteiger partial charge is 0.338 e. The highest BCUT2D eigenvalue weighted by atomic mass is 16.6. The first kappa shape index (κ1) is 15.3. The third-order valence-corrected chi connectivity index (χ3v) is 5.60. The number of hydrogen-bond acceptors (Lipinski definition) is 2. The molecule has 1 aromatic rings. The van der Waals surface area contributed by atoms with Crippen LogP contribution in [0, 0.1) is 17.8 Å². The number of allylic oxidation sites excluding steroid dienone is 2. The normalized spacial score (nSPS) is 26.7. The van der Waals surface area contributed by atoms with Crippen molar-refractivity contribution in [3.05, 3.63) is 47.5 Å². The minimum atomic E-state index is -0.439. The summed E-state index contributed by atoms with van der Waals surface area (Å²) in [6.07, 6.45) is 7.29. The maximum Gasteiger partial charge on any atom is 0.338 e. The Morgan fingerprint density at radius 1 is 1.14 bits per heavy atom. The quantitative estimate of drug-likeness (QED) is 0.580. The topological polar surface area (TPSA) is 26.3 Å². The van der Waals surface area contributed by atoms with Crippen molar-refractivity contribution >= 4 is 5.97 Å². The molecule has 3 unspecified atom stereocenters. The van der Waals surface area contributed by atoms with Crippen LogP contribution < -0.4 is 0 Å². The predicted octanol–water partition coefficient (Wildman–Crippen LogP) is 4.96. The number of fused-ring (bicyclic) bond motifs is 2. The Morgan fingerprint density at radius 3 is 2.32 bits per heavy atom. The molecule has 0 aromatic heterocycles. The van der Waals surface area contributed by atoms with Crippen LogP contribution in [0.2, 0.25) is 0 Å². The number of carbonyl (C=O) groups is 1. The summed E-state index contributed by atoms with van der Waals surface area (Å²) in [5.74, 6) is 2.16. The van der Waals surface area contributed by atoms with Crippen LogP contribution in [-0.4, -0.2) is 11.6 Å². The van der Waals surface area contributed by atoms with Crippen LogP contribution in [-0.2, 0) is 4.74 Å². The third kappa shape index (κ3) is 2.84. The Morgan fingerprint density at radius 2 is 1.82 bits per heavy atom. The molecule has 0 heterocycles. The summed E-state index contributed by atoms with van der Waals surface area (Å²) in [7, 11) is 0. The van der Waals surface area contributed by atoms with E-state index in [1.54, 1.807) is 0 Å². The van der Waals surface area contributed by atoms with Gasteiger partial charge < -0.3 is 4.74 Å². The fourth-order valence-electron chi connectivity index (χ4n) is 3.45. The lowest BCUT2D eigenvalue weighted by Crippen LogP contribution is -2.33. The average molecular weight is 298 g/mol. The highest BCUT2D eigenvalue weighted by Crippen LogP contribution is 2.48. The molecular weight excluding hydrogens is 272 g/mol. The minimum absolute atomic E-state index is 0.224. The van der Waals surface area contributed by atoms with E-state index in [1.807, 2.05) is 26.0 Å². The monoisotopic (exact) mass is 298 g/mol. The van der Waals surface area contributed by atoms with E-state index >= 15 is 0 Å². The first-order valence-electron chi connectivity index (χ1n) is 8.38. The lowest BCUT2D eigenvalue weighted by Gasteiger charge is -2.29. The largest absolute Gasteiger partial charge is 0.456 e. The van der Waals surface area contributed by atoms with E-state index in [4.69, 9.17) is 4.74 Å². The number of carbonyl (C=O) groups excluding carboxylic acids is 1. The summed E-state index contributed by atoms with van der Waals surface area (Å²) in [6, 6.07) is 8.06. The van der Waals surface area contributed by atoms with Crippen molar-refractivity contribution in [2.24, 2.45) is 17.8 Å². The van der Waals surface area contributed by atoms with Gasteiger partial charge in [0.25, 0.3) is 0 Å². The van der Waals surface area contributed by atoms with Crippen LogP contribution in [0.4, 0.5) is 0 Å². The molecule has 0 amide bonds. The Kier molecular flexibility index (Phi) is 3.88. The summed E-state index contributed by atoms with van der Waals surface area (Å²) in [5, 5.41) is 0. The molecule has 2 aliphatic rings. The maximum atomic E-state index is 12.3. The summed E-state index contributed by atoms with van der Waals surface area (Å²) in [6.45, 7) is 8.06. The van der Waals surface area contributed by atoms with Gasteiger partial charge in [-0.15, -0.1) is 0 Å². The summed E-state index contributed by atoms with van der Waals surface area (Å²) >= 11 is 0. The van der Waals surface area contributed by atoms with Crippen molar-refractivity contribution in [3.63, 3.8) is 0 Å². The molecule has 3 rings (SSSR count). The minimum Gasteiger partial charge on any atom is -0.456 e. The zero-order chi connectivity index (χ0) is 15.9. The van der Waals surface area contributed by atoms with Crippen molar-refractivity contribution in [2.75, 3.05) is 0 Å². The van der Waals surface area contributed by atoms with Gasteiger partial charge in [-0.3, -0.25) is 0 Å². The SMILES string of the molecule is CC(C)C(C)(C)OC(=O)c1ccc(C2CC3C=CC2C3)cc1. The molecule has 1 aromatic carbocycles. The van der Waals surface area contributed by atoms with Gasteiger partial charge in [0.05, 0.1) is 5.56 Å². The Hall–Kier alpha value is -1.57. The first-order valence-corrected chi connectivity index (χ1v) is 8.38. The lowest BCUT2D eigenvalue weighted by atomic mass is 9.86. The standard InChI is InChI=1S/C20H26O2/c1-13(2)20(3,4)22-19(21)16-9-7-15(8-10-16)18-12-14-5-6-17(18)11-14/h5-10,13-14,17-18H,11-12H2,1-4H3. The molecule has 0 N–H and O–H groups in total. The van der Waals surface area contributed by atoms with Gasteiger partial charge in [0.1, 0.15) is 5.60 Å². The van der Waals surface area contributed by atoms with Crippen molar-refractivity contribution in [1.82, 2.24) is 0 Å². The number of hydrogen-bond donors (Lipinski definition) is 0. The fraction of sp³-hybridized carbons (Fsp3) is 0.550. The highest BCUT2D eigenvalue weighted by molar-refractivity contribution is 5.89. The molecule has 22 heavy (non-hydrogen) atoms. The van der Waals surface area contributed by atoms with E-state index in [2.05, 4.69) is 38.1 Å². The van der Waals surface area contributed by atoms with Crippen molar-refractivity contribution in [3.8, 4) is 0 Å². The van der Waals surface area contributed by atoms with Gasteiger partial charge in [-0.05, 0) is 68.1 Å². The Balaban J connectivity index is 1.69. The van der Waals surface area contributed by atoms with Gasteiger partial charge in [-0.25, -0.2) is 4.79 Å². The second-order valence-corrected chi connectivity index (χ2v) is 7.66. The molecule has 118 valence electrons. The first-order chi connectivity index (χ1) is 10.4. The van der Waals surface area contributed by atoms with Crippen molar-refractivity contribution in [1.29, 1.82) is 0 Å². The summed E-state index contributed by atoms with van der Waals surface area (Å²) in [5.41, 5.74) is 1.57. The van der Waals surface area contributed by atoms with Gasteiger partial charge in [0.2, 0.25) is 0 Å². The van der Waals surface area contributed by atoms with Crippen LogP contribution in [0.1, 0.15) is 62.4 Å². The predicted molar refractivity (Wildman–Crippen MR) is 88.9 cm³/mol. The summed E-state index contributed by atoms with van der Waals surface area (Å²) in [4.78, 5) is 12.3. The van der Waals surface area contributed by atoms with E-state index in [0.29, 0.717) is 17.4 Å². The summed E-state index contributed by atoms with van der Waals surface area (Å²) < 4.78 is 5.65. The molecule has 2 aliphatic carbocycles. The zero-order valence-electron chi connectivity index (χ0n) is 14.0. The Bertz CT molecular complexity index is 580. The van der Waals surface area contributed by atoms with Crippen LogP contribution in [0.5, 0.6) is 0 Å². The van der Waals surface area contributed by atoms with Gasteiger partial charge in [-0.1, -0.05) is 38.1 Å². The molecular formula is C20H26O2. The van der Waals surface area contributed by atoms with Crippen molar-refractivity contribution in [2.45, 2.75) is 52.1 Å². The second-order valence-electron chi connectivity index (χ2n) is 7.66. The Labute approximate surface area is 133 Å². The molecule has 0 spiro atoms. The molecule has 2 nitrogen and oxygen atoms in total. The van der Waals surface area contributed by atoms with Crippen LogP contribution >= 0.6 is 0 Å². The molecule has 2 bridgehead atoms. The maximum absolute atomic E-state index is 12.3. The fourth-order valence-corrected chi connectivity index (χ4v) is 3.45. The third-order valence-electron chi connectivity index (χ3n) is 5.60. The molecule has 0 aliphatic heterocycles. The lowest BCUT2D eigenvalue weighted by molar-refractivity contribution is -0.0222. The zero-order valence-corrected chi connectivity index (χ0v) is 14.0. The molecule has 1 saturated carbocycles. The van der Waals surface area contributed by atoms with Crippen LogP contribution in [0.25, 0.3) is 0 Å². The van der Waals surface area contributed by atoms with E-state index < -0.39 is 5.60 Å². The number of esters is 1. The number of ether oxygens (including phenoxy) is 1. The average Bonchev–Trinajstić information content (AvgIpc) is 3.09. The van der Waals surface area contributed by atoms with Gasteiger partial charge in [0, 0.05) is 0 Å². The van der Waals surface area contributed by atoms with Gasteiger partial charge in [-0.2, -0.15) is 0 Å². The van der Waals surface area contributed by atoms with Crippen LogP contribution in [0.15, 0.2) is 36.4 Å². The second kappa shape index (κ2) is 5.57. The van der Waals surface area contributed by atoms with Crippen molar-refractivity contribution < 1.29 is 9.53 Å². The van der Waals surface area contributed by atoms with Crippen LogP contribution in [0.3, 0.4) is 0 Å². The van der Waals surface area contributed by atoms with E-state index in [9.17, 15) is 4.79 Å². The highest BCUT2D eigenvalue weighted by Gasteiger charge is 2.36. The number of rotatable bonds is 4. The van der Waals surface area contributed by atoms with E-state index in [-0.39, 0.29) is 11.9 Å². The van der Waals surface area contributed by atoms with Gasteiger partial charge >= 0.3 is 5.97 Å². The molecule has 0 radical (unpaired) electrons.